The fourth-order valence-electron chi connectivity index (χ4n) is 2.42. The smallest absolute Gasteiger partial charge is 0.299 e. The second-order valence-corrected chi connectivity index (χ2v) is 6.83. The molecule has 3 rings (SSSR count). The monoisotopic (exact) mass is 458 g/mol. The SMILES string of the molecule is COc1ccc(/C=N\n2c(C(F)F)n[nH]c2=S)cc1COc1cccc(Cl)c1Cl. The van der Waals surface area contributed by atoms with Crippen LogP contribution >= 0.6 is 35.4 Å². The molecule has 1 heterocycles. The lowest BCUT2D eigenvalue weighted by Gasteiger charge is -2.12. The van der Waals surface area contributed by atoms with Gasteiger partial charge in [-0.05, 0) is 48.1 Å². The summed E-state index contributed by atoms with van der Waals surface area (Å²) in [6.07, 6.45) is -1.44. The van der Waals surface area contributed by atoms with E-state index in [1.807, 2.05) is 0 Å². The van der Waals surface area contributed by atoms with Crippen LogP contribution in [0.5, 0.6) is 11.5 Å². The molecule has 0 atom stereocenters. The van der Waals surface area contributed by atoms with E-state index in [9.17, 15) is 8.78 Å². The standard InChI is InChI=1S/C18H14Cl2F2N4O2S/c1-27-13-6-5-10(8-23-26-17(16(21)22)24-25-18(26)29)7-11(13)9-28-14-4-2-3-12(19)15(14)20/h2-8,16H,9H2,1H3,(H,25,29)/b23-8-. The lowest BCUT2D eigenvalue weighted by molar-refractivity contribution is 0.136. The van der Waals surface area contributed by atoms with Gasteiger partial charge in [0, 0.05) is 5.56 Å². The summed E-state index contributed by atoms with van der Waals surface area (Å²) in [7, 11) is 1.53. The van der Waals surface area contributed by atoms with Crippen LogP contribution < -0.4 is 9.47 Å². The predicted octanol–water partition coefficient (Wildman–Crippen LogP) is 5.65. The first kappa shape index (κ1) is 21.2. The third-order valence-electron chi connectivity index (χ3n) is 3.80. The molecule has 6 nitrogen and oxygen atoms in total. The molecule has 0 amide bonds. The molecule has 1 N–H and O–H groups in total. The number of alkyl halides is 2. The Labute approximate surface area is 179 Å². The second-order valence-electron chi connectivity index (χ2n) is 5.66. The molecule has 0 fully saturated rings. The average molecular weight is 459 g/mol. The van der Waals surface area contributed by atoms with Gasteiger partial charge in [-0.2, -0.15) is 14.9 Å². The number of nitrogens with one attached hydrogen (secondary N) is 1. The van der Waals surface area contributed by atoms with E-state index in [4.69, 9.17) is 44.9 Å². The molecular formula is C18H14Cl2F2N4O2S. The van der Waals surface area contributed by atoms with Crippen molar-refractivity contribution in [3.05, 3.63) is 68.2 Å². The maximum absolute atomic E-state index is 13.0. The fourth-order valence-corrected chi connectivity index (χ4v) is 2.96. The number of methoxy groups -OCH3 is 1. The summed E-state index contributed by atoms with van der Waals surface area (Å²) < 4.78 is 37.9. The number of ether oxygens (including phenoxy) is 2. The van der Waals surface area contributed by atoms with Crippen LogP contribution in [0.2, 0.25) is 10.0 Å². The molecule has 152 valence electrons. The summed E-state index contributed by atoms with van der Waals surface area (Å²) in [6, 6.07) is 10.2. The molecule has 0 bridgehead atoms. The molecule has 0 aliphatic carbocycles. The van der Waals surface area contributed by atoms with E-state index in [-0.39, 0.29) is 11.4 Å². The van der Waals surface area contributed by atoms with Gasteiger partial charge in [0.05, 0.1) is 18.3 Å². The highest BCUT2D eigenvalue weighted by atomic mass is 35.5. The number of aromatic nitrogens is 3. The highest BCUT2D eigenvalue weighted by molar-refractivity contribution is 7.71. The van der Waals surface area contributed by atoms with Crippen molar-refractivity contribution in [2.45, 2.75) is 13.0 Å². The minimum Gasteiger partial charge on any atom is -0.496 e. The van der Waals surface area contributed by atoms with Crippen molar-refractivity contribution >= 4 is 41.6 Å². The van der Waals surface area contributed by atoms with Crippen molar-refractivity contribution in [1.29, 1.82) is 0 Å². The van der Waals surface area contributed by atoms with Crippen LogP contribution in [0.4, 0.5) is 8.78 Å². The molecule has 0 aliphatic rings. The van der Waals surface area contributed by atoms with Gasteiger partial charge in [-0.3, -0.25) is 0 Å². The number of hydrogen-bond donors (Lipinski definition) is 1. The normalized spacial score (nSPS) is 11.4. The van der Waals surface area contributed by atoms with E-state index >= 15 is 0 Å². The van der Waals surface area contributed by atoms with E-state index in [1.165, 1.54) is 13.3 Å². The number of nitrogens with zero attached hydrogens (tertiary/aromatic N) is 3. The van der Waals surface area contributed by atoms with Crippen molar-refractivity contribution in [2.75, 3.05) is 7.11 Å². The largest absolute Gasteiger partial charge is 0.496 e. The van der Waals surface area contributed by atoms with Crippen molar-refractivity contribution in [3.63, 3.8) is 0 Å². The molecule has 29 heavy (non-hydrogen) atoms. The van der Waals surface area contributed by atoms with Crippen molar-refractivity contribution in [2.24, 2.45) is 5.10 Å². The quantitative estimate of drug-likeness (QED) is 0.366. The highest BCUT2D eigenvalue weighted by Crippen LogP contribution is 2.32. The zero-order chi connectivity index (χ0) is 21.0. The van der Waals surface area contributed by atoms with Gasteiger partial charge >= 0.3 is 0 Å². The van der Waals surface area contributed by atoms with Crippen LogP contribution in [0, 0.1) is 4.77 Å². The number of rotatable bonds is 7. The van der Waals surface area contributed by atoms with Gasteiger partial charge in [-0.1, -0.05) is 29.3 Å². The number of aromatic amines is 1. The predicted molar refractivity (Wildman–Crippen MR) is 109 cm³/mol. The Hall–Kier alpha value is -2.49. The molecule has 0 saturated carbocycles. The van der Waals surface area contributed by atoms with Gasteiger partial charge in [0.15, 0.2) is 0 Å². The van der Waals surface area contributed by atoms with Crippen LogP contribution in [0.1, 0.15) is 23.4 Å². The van der Waals surface area contributed by atoms with Gasteiger partial charge in [0.1, 0.15) is 23.1 Å². The summed E-state index contributed by atoms with van der Waals surface area (Å²) in [6.45, 7) is 0.137. The van der Waals surface area contributed by atoms with Gasteiger partial charge in [0.2, 0.25) is 10.6 Å². The van der Waals surface area contributed by atoms with Crippen LogP contribution in [-0.4, -0.2) is 28.2 Å². The summed E-state index contributed by atoms with van der Waals surface area (Å²) in [5.74, 6) is 0.430. The molecule has 0 spiro atoms. The lowest BCUT2D eigenvalue weighted by atomic mass is 10.1. The molecule has 0 radical (unpaired) electrons. The van der Waals surface area contributed by atoms with Gasteiger partial charge in [-0.25, -0.2) is 13.9 Å². The zero-order valence-electron chi connectivity index (χ0n) is 14.9. The molecule has 0 aliphatic heterocycles. The number of H-pyrrole nitrogens is 1. The molecule has 0 saturated heterocycles. The number of benzene rings is 2. The van der Waals surface area contributed by atoms with Crippen LogP contribution in [0.25, 0.3) is 0 Å². The van der Waals surface area contributed by atoms with E-state index < -0.39 is 12.2 Å². The third-order valence-corrected chi connectivity index (χ3v) is 4.86. The van der Waals surface area contributed by atoms with Crippen molar-refractivity contribution in [1.82, 2.24) is 14.9 Å². The van der Waals surface area contributed by atoms with E-state index in [1.54, 1.807) is 36.4 Å². The van der Waals surface area contributed by atoms with E-state index in [0.29, 0.717) is 32.7 Å². The topological polar surface area (TPSA) is 64.4 Å². The number of hydrogen-bond acceptors (Lipinski definition) is 5. The van der Waals surface area contributed by atoms with Crippen molar-refractivity contribution < 1.29 is 18.3 Å². The minimum absolute atomic E-state index is 0.0378. The molecule has 11 heteroatoms. The maximum Gasteiger partial charge on any atom is 0.299 e. The van der Waals surface area contributed by atoms with Crippen molar-refractivity contribution in [3.8, 4) is 11.5 Å². The summed E-state index contributed by atoms with van der Waals surface area (Å²) in [4.78, 5) is 0. The molecule has 1 aromatic heterocycles. The van der Waals surface area contributed by atoms with Crippen LogP contribution in [0.15, 0.2) is 41.5 Å². The second kappa shape index (κ2) is 9.34. The Kier molecular flexibility index (Phi) is 6.83. The Balaban J connectivity index is 1.85. The summed E-state index contributed by atoms with van der Waals surface area (Å²) >= 11 is 17.1. The molecule has 0 unspecified atom stereocenters. The van der Waals surface area contributed by atoms with Crippen LogP contribution in [0.3, 0.4) is 0 Å². The first-order valence-electron chi connectivity index (χ1n) is 8.14. The van der Waals surface area contributed by atoms with Gasteiger partial charge in [0.25, 0.3) is 6.43 Å². The van der Waals surface area contributed by atoms with Gasteiger partial charge in [-0.15, -0.1) is 0 Å². The molecular weight excluding hydrogens is 445 g/mol. The molecule has 3 aromatic rings. The maximum atomic E-state index is 13.0. The number of halogens is 4. The zero-order valence-corrected chi connectivity index (χ0v) is 17.2. The summed E-state index contributed by atoms with van der Waals surface area (Å²) in [5.41, 5.74) is 1.31. The van der Waals surface area contributed by atoms with E-state index in [2.05, 4.69) is 15.3 Å². The minimum atomic E-state index is -2.82. The Morgan fingerprint density at radius 3 is 2.79 bits per heavy atom. The average Bonchev–Trinajstić information content (AvgIpc) is 3.08. The van der Waals surface area contributed by atoms with Gasteiger partial charge < -0.3 is 9.47 Å². The van der Waals surface area contributed by atoms with E-state index in [0.717, 1.165) is 4.68 Å². The Bertz CT molecular complexity index is 1100. The van der Waals surface area contributed by atoms with Crippen LogP contribution in [-0.2, 0) is 6.61 Å². The third kappa shape index (κ3) is 4.92. The fraction of sp³-hybridized carbons (Fsp3) is 0.167. The lowest BCUT2D eigenvalue weighted by Crippen LogP contribution is -2.02. The Morgan fingerprint density at radius 1 is 1.28 bits per heavy atom. The Morgan fingerprint density at radius 2 is 2.07 bits per heavy atom. The first-order valence-corrected chi connectivity index (χ1v) is 9.30. The molecule has 2 aromatic carbocycles. The summed E-state index contributed by atoms with van der Waals surface area (Å²) in [5, 5.41) is 10.4. The highest BCUT2D eigenvalue weighted by Gasteiger charge is 2.16. The first-order chi connectivity index (χ1) is 13.9.